The van der Waals surface area contributed by atoms with E-state index in [1.165, 1.54) is 36.4 Å². The number of carbonyl (C=O) groups is 1. The SMILES string of the molecule is O=C(NCCc1ccc(F)cc1)c1ccc(SC(F)(F)F)cc1. The summed E-state index contributed by atoms with van der Waals surface area (Å²) in [4.78, 5) is 11.9. The highest BCUT2D eigenvalue weighted by Crippen LogP contribution is 2.36. The predicted octanol–water partition coefficient (Wildman–Crippen LogP) is 4.41. The van der Waals surface area contributed by atoms with Gasteiger partial charge in [-0.05, 0) is 60.1 Å². The Hall–Kier alpha value is -2.02. The van der Waals surface area contributed by atoms with Gasteiger partial charge < -0.3 is 5.32 Å². The van der Waals surface area contributed by atoms with Crippen LogP contribution in [0.3, 0.4) is 0 Å². The minimum absolute atomic E-state index is 0.0281. The molecule has 0 unspecified atom stereocenters. The van der Waals surface area contributed by atoms with Gasteiger partial charge in [0.1, 0.15) is 5.82 Å². The zero-order valence-corrected chi connectivity index (χ0v) is 12.7. The fourth-order valence-electron chi connectivity index (χ4n) is 1.88. The van der Waals surface area contributed by atoms with E-state index in [0.717, 1.165) is 5.56 Å². The van der Waals surface area contributed by atoms with Gasteiger partial charge in [-0.3, -0.25) is 4.79 Å². The van der Waals surface area contributed by atoms with Crippen molar-refractivity contribution < 1.29 is 22.4 Å². The van der Waals surface area contributed by atoms with Gasteiger partial charge in [0, 0.05) is 17.0 Å². The number of carbonyl (C=O) groups excluding carboxylic acids is 1. The second-order valence-electron chi connectivity index (χ2n) is 4.70. The molecule has 7 heteroatoms. The molecule has 0 heterocycles. The van der Waals surface area contributed by atoms with Gasteiger partial charge in [-0.25, -0.2) is 4.39 Å². The van der Waals surface area contributed by atoms with E-state index in [9.17, 15) is 22.4 Å². The zero-order valence-electron chi connectivity index (χ0n) is 11.9. The largest absolute Gasteiger partial charge is 0.446 e. The van der Waals surface area contributed by atoms with Crippen molar-refractivity contribution in [1.82, 2.24) is 5.32 Å². The fourth-order valence-corrected chi connectivity index (χ4v) is 2.42. The molecule has 0 saturated heterocycles. The Morgan fingerprint density at radius 2 is 1.61 bits per heavy atom. The summed E-state index contributed by atoms with van der Waals surface area (Å²) in [6.07, 6.45) is 0.536. The van der Waals surface area contributed by atoms with Gasteiger partial charge >= 0.3 is 5.51 Å². The van der Waals surface area contributed by atoms with Crippen LogP contribution in [0.15, 0.2) is 53.4 Å². The molecule has 2 aromatic carbocycles. The standard InChI is InChI=1S/C16H13F4NOS/c17-13-5-1-11(2-6-13)9-10-21-15(22)12-3-7-14(8-4-12)23-16(18,19)20/h1-8H,9-10H2,(H,21,22). The Morgan fingerprint density at radius 1 is 1.00 bits per heavy atom. The lowest BCUT2D eigenvalue weighted by atomic mass is 10.1. The Labute approximate surface area is 134 Å². The minimum atomic E-state index is -4.35. The first-order valence-corrected chi connectivity index (χ1v) is 7.53. The summed E-state index contributed by atoms with van der Waals surface area (Å²) in [5, 5.41) is 2.67. The van der Waals surface area contributed by atoms with Crippen LogP contribution in [0, 0.1) is 5.82 Å². The van der Waals surface area contributed by atoms with Crippen LogP contribution in [0.2, 0.25) is 0 Å². The highest BCUT2D eigenvalue weighted by Gasteiger charge is 2.29. The third-order valence-electron chi connectivity index (χ3n) is 2.96. The third kappa shape index (κ3) is 5.94. The molecule has 2 nitrogen and oxygen atoms in total. The van der Waals surface area contributed by atoms with Crippen LogP contribution >= 0.6 is 11.8 Å². The predicted molar refractivity (Wildman–Crippen MR) is 80.8 cm³/mol. The number of nitrogens with one attached hydrogen (secondary N) is 1. The number of hydrogen-bond acceptors (Lipinski definition) is 2. The summed E-state index contributed by atoms with van der Waals surface area (Å²) in [5.41, 5.74) is -3.18. The van der Waals surface area contributed by atoms with Gasteiger partial charge in [0.2, 0.25) is 0 Å². The van der Waals surface area contributed by atoms with Crippen molar-refractivity contribution in [2.45, 2.75) is 16.8 Å². The van der Waals surface area contributed by atoms with Gasteiger partial charge in [-0.2, -0.15) is 13.2 Å². The summed E-state index contributed by atoms with van der Waals surface area (Å²) < 4.78 is 49.4. The van der Waals surface area contributed by atoms with Crippen molar-refractivity contribution in [3.05, 3.63) is 65.5 Å². The summed E-state index contributed by atoms with van der Waals surface area (Å²) >= 11 is -0.225. The number of hydrogen-bond donors (Lipinski definition) is 1. The number of rotatable bonds is 5. The summed E-state index contributed by atoms with van der Waals surface area (Å²) in [6.45, 7) is 0.351. The molecule has 122 valence electrons. The first kappa shape index (κ1) is 17.3. The second-order valence-corrected chi connectivity index (χ2v) is 5.84. The molecule has 2 aromatic rings. The van der Waals surface area contributed by atoms with Crippen molar-refractivity contribution in [2.75, 3.05) is 6.54 Å². The van der Waals surface area contributed by atoms with E-state index < -0.39 is 5.51 Å². The number of benzene rings is 2. The monoisotopic (exact) mass is 343 g/mol. The van der Waals surface area contributed by atoms with Gasteiger partial charge in [0.15, 0.2) is 0 Å². The van der Waals surface area contributed by atoms with Crippen LogP contribution in [-0.4, -0.2) is 18.0 Å². The third-order valence-corrected chi connectivity index (χ3v) is 3.70. The molecule has 0 fully saturated rings. The molecular formula is C16H13F4NOS. The van der Waals surface area contributed by atoms with Crippen LogP contribution in [0.5, 0.6) is 0 Å². The summed E-state index contributed by atoms with van der Waals surface area (Å²) in [5.74, 6) is -0.690. The molecule has 0 aliphatic heterocycles. The van der Waals surface area contributed by atoms with Crippen molar-refractivity contribution in [2.24, 2.45) is 0 Å². The fraction of sp³-hybridized carbons (Fsp3) is 0.188. The highest BCUT2D eigenvalue weighted by molar-refractivity contribution is 8.00. The summed E-state index contributed by atoms with van der Waals surface area (Å²) in [7, 11) is 0. The van der Waals surface area contributed by atoms with E-state index in [-0.39, 0.29) is 33.9 Å². The van der Waals surface area contributed by atoms with E-state index in [2.05, 4.69) is 5.32 Å². The average Bonchev–Trinajstić information content (AvgIpc) is 2.48. The number of amides is 1. The molecule has 0 aliphatic rings. The Kier molecular flexibility index (Phi) is 5.65. The Balaban J connectivity index is 1.84. The molecule has 0 radical (unpaired) electrons. The van der Waals surface area contributed by atoms with E-state index in [1.54, 1.807) is 12.1 Å². The normalized spacial score (nSPS) is 11.3. The van der Waals surface area contributed by atoms with Crippen molar-refractivity contribution >= 4 is 17.7 Å². The van der Waals surface area contributed by atoms with E-state index >= 15 is 0 Å². The average molecular weight is 343 g/mol. The molecule has 23 heavy (non-hydrogen) atoms. The second kappa shape index (κ2) is 7.50. The Morgan fingerprint density at radius 3 is 2.17 bits per heavy atom. The number of halogens is 4. The van der Waals surface area contributed by atoms with Crippen molar-refractivity contribution in [3.8, 4) is 0 Å². The van der Waals surface area contributed by atoms with Crippen molar-refractivity contribution in [3.63, 3.8) is 0 Å². The van der Waals surface area contributed by atoms with Crippen LogP contribution < -0.4 is 5.32 Å². The minimum Gasteiger partial charge on any atom is -0.352 e. The van der Waals surface area contributed by atoms with Gasteiger partial charge in [-0.1, -0.05) is 12.1 Å². The molecule has 0 aliphatic carbocycles. The smallest absolute Gasteiger partial charge is 0.352 e. The molecular weight excluding hydrogens is 330 g/mol. The lowest BCUT2D eigenvalue weighted by molar-refractivity contribution is -0.0328. The highest BCUT2D eigenvalue weighted by atomic mass is 32.2. The topological polar surface area (TPSA) is 29.1 Å². The Bertz CT molecular complexity index is 653. The van der Waals surface area contributed by atoms with E-state index in [0.29, 0.717) is 13.0 Å². The maximum Gasteiger partial charge on any atom is 0.446 e. The number of thioether (sulfide) groups is 1. The lowest BCUT2D eigenvalue weighted by Crippen LogP contribution is -2.25. The zero-order chi connectivity index (χ0) is 16.9. The molecule has 0 spiro atoms. The quantitative estimate of drug-likeness (QED) is 0.644. The lowest BCUT2D eigenvalue weighted by Gasteiger charge is -2.08. The molecule has 0 bridgehead atoms. The van der Waals surface area contributed by atoms with Crippen LogP contribution in [-0.2, 0) is 6.42 Å². The van der Waals surface area contributed by atoms with Crippen molar-refractivity contribution in [1.29, 1.82) is 0 Å². The maximum absolute atomic E-state index is 12.8. The van der Waals surface area contributed by atoms with Gasteiger partial charge in [0.25, 0.3) is 5.91 Å². The molecule has 0 atom stereocenters. The molecule has 2 rings (SSSR count). The molecule has 1 amide bonds. The maximum atomic E-state index is 12.8. The molecule has 0 saturated carbocycles. The van der Waals surface area contributed by atoms with Crippen LogP contribution in [0.1, 0.15) is 15.9 Å². The first-order valence-electron chi connectivity index (χ1n) is 6.72. The van der Waals surface area contributed by atoms with Crippen LogP contribution in [0.4, 0.5) is 17.6 Å². The summed E-state index contributed by atoms with van der Waals surface area (Å²) in [6, 6.07) is 11.2. The molecule has 0 aromatic heterocycles. The van der Waals surface area contributed by atoms with Gasteiger partial charge in [-0.15, -0.1) is 0 Å². The molecule has 1 N–H and O–H groups in total. The number of alkyl halides is 3. The van der Waals surface area contributed by atoms with Gasteiger partial charge in [0.05, 0.1) is 0 Å². The van der Waals surface area contributed by atoms with E-state index in [4.69, 9.17) is 0 Å². The van der Waals surface area contributed by atoms with Crippen LogP contribution in [0.25, 0.3) is 0 Å². The first-order chi connectivity index (χ1) is 10.8. The van der Waals surface area contributed by atoms with E-state index in [1.807, 2.05) is 0 Å².